The fraction of sp³-hybridized carbons (Fsp3) is 0.333. The van der Waals surface area contributed by atoms with Gasteiger partial charge >= 0.3 is 5.97 Å². The van der Waals surface area contributed by atoms with Crippen LogP contribution in [0.15, 0.2) is 52.9 Å². The lowest BCUT2D eigenvalue weighted by atomic mass is 10.1. The molecule has 1 aliphatic rings. The quantitative estimate of drug-likeness (QED) is 0.526. The maximum Gasteiger partial charge on any atom is 0.303 e. The Kier molecular flexibility index (Phi) is 5.65. The fourth-order valence-corrected chi connectivity index (χ4v) is 3.79. The minimum absolute atomic E-state index is 0.129. The molecule has 1 aliphatic carbocycles. The number of ether oxygens (including phenoxy) is 2. The normalized spacial score (nSPS) is 15.2. The summed E-state index contributed by atoms with van der Waals surface area (Å²) in [5.41, 5.74) is 4.21. The van der Waals surface area contributed by atoms with Gasteiger partial charge in [-0.1, -0.05) is 31.2 Å². The maximum atomic E-state index is 11.2. The van der Waals surface area contributed by atoms with E-state index < -0.39 is 0 Å². The second-order valence-corrected chi connectivity index (χ2v) is 7.20. The van der Waals surface area contributed by atoms with E-state index in [0.717, 1.165) is 47.6 Å². The van der Waals surface area contributed by atoms with Crippen LogP contribution in [0.1, 0.15) is 49.0 Å². The standard InChI is InChI=1S/C24H25NO4/c1-3-22-21(25-24(29-22)17-7-5-4-6-8-17)13-14-27-19-10-11-20-18(15-19)9-12-23(20)28-16(2)26/h4-8,10-11,15,23H,3,9,12-14H2,1-2H3. The highest BCUT2D eigenvalue weighted by Crippen LogP contribution is 2.36. The molecule has 1 atom stereocenters. The number of rotatable bonds is 7. The molecular formula is C24H25NO4. The molecule has 0 saturated heterocycles. The van der Waals surface area contributed by atoms with Crippen LogP contribution in [0, 0.1) is 0 Å². The summed E-state index contributed by atoms with van der Waals surface area (Å²) in [5.74, 6) is 2.16. The first kappa shape index (κ1) is 19.2. The summed E-state index contributed by atoms with van der Waals surface area (Å²) in [6, 6.07) is 15.9. The molecule has 1 heterocycles. The van der Waals surface area contributed by atoms with Gasteiger partial charge in [-0.2, -0.15) is 0 Å². The minimum atomic E-state index is -0.239. The molecule has 3 aromatic rings. The van der Waals surface area contributed by atoms with Crippen molar-refractivity contribution in [2.45, 2.75) is 45.6 Å². The van der Waals surface area contributed by atoms with E-state index in [2.05, 4.69) is 18.0 Å². The molecule has 0 radical (unpaired) electrons. The molecule has 0 saturated carbocycles. The van der Waals surface area contributed by atoms with E-state index in [9.17, 15) is 4.79 Å². The van der Waals surface area contributed by atoms with Crippen LogP contribution in [-0.4, -0.2) is 17.6 Å². The van der Waals surface area contributed by atoms with Crippen LogP contribution in [-0.2, 0) is 28.8 Å². The van der Waals surface area contributed by atoms with E-state index in [-0.39, 0.29) is 12.1 Å². The number of aryl methyl sites for hydroxylation is 2. The highest BCUT2D eigenvalue weighted by atomic mass is 16.5. The number of aromatic nitrogens is 1. The zero-order valence-corrected chi connectivity index (χ0v) is 16.8. The predicted octanol–water partition coefficient (Wildman–Crippen LogP) is 5.08. The van der Waals surface area contributed by atoms with Gasteiger partial charge in [-0.15, -0.1) is 0 Å². The monoisotopic (exact) mass is 391 g/mol. The van der Waals surface area contributed by atoms with Crippen LogP contribution in [0.4, 0.5) is 0 Å². The van der Waals surface area contributed by atoms with Gasteiger partial charge in [-0.25, -0.2) is 4.98 Å². The van der Waals surface area contributed by atoms with Gasteiger partial charge in [-0.3, -0.25) is 4.79 Å². The average molecular weight is 391 g/mol. The highest BCUT2D eigenvalue weighted by Gasteiger charge is 2.25. The molecule has 0 spiro atoms. The number of carbonyl (C=O) groups excluding carboxylic acids is 1. The number of hydrogen-bond donors (Lipinski definition) is 0. The SMILES string of the molecule is CCc1oc(-c2ccccc2)nc1CCOc1ccc2c(c1)CCC2OC(C)=O. The van der Waals surface area contributed by atoms with Crippen molar-refractivity contribution in [1.82, 2.24) is 4.98 Å². The van der Waals surface area contributed by atoms with Gasteiger partial charge in [0.15, 0.2) is 0 Å². The lowest BCUT2D eigenvalue weighted by Gasteiger charge is -2.12. The Morgan fingerprint density at radius 3 is 2.79 bits per heavy atom. The third-order valence-electron chi connectivity index (χ3n) is 5.17. The number of carbonyl (C=O) groups is 1. The summed E-state index contributed by atoms with van der Waals surface area (Å²) in [5, 5.41) is 0. The Hall–Kier alpha value is -3.08. The molecule has 0 bridgehead atoms. The molecule has 4 rings (SSSR count). The molecule has 1 unspecified atom stereocenters. The van der Waals surface area contributed by atoms with Gasteiger partial charge in [0.25, 0.3) is 0 Å². The Morgan fingerprint density at radius 1 is 1.21 bits per heavy atom. The van der Waals surface area contributed by atoms with Crippen molar-refractivity contribution in [1.29, 1.82) is 0 Å². The van der Waals surface area contributed by atoms with E-state index >= 15 is 0 Å². The summed E-state index contributed by atoms with van der Waals surface area (Å²) >= 11 is 0. The van der Waals surface area contributed by atoms with Crippen molar-refractivity contribution in [3.63, 3.8) is 0 Å². The first-order chi connectivity index (χ1) is 14.1. The Bertz CT molecular complexity index is 993. The Labute approximate surface area is 170 Å². The molecule has 0 N–H and O–H groups in total. The maximum absolute atomic E-state index is 11.2. The van der Waals surface area contributed by atoms with Crippen molar-refractivity contribution in [2.75, 3.05) is 6.61 Å². The van der Waals surface area contributed by atoms with E-state index in [1.165, 1.54) is 12.5 Å². The first-order valence-electron chi connectivity index (χ1n) is 10.1. The second kappa shape index (κ2) is 8.52. The minimum Gasteiger partial charge on any atom is -0.493 e. The Balaban J connectivity index is 1.40. The number of fused-ring (bicyclic) bond motifs is 1. The third kappa shape index (κ3) is 4.34. The molecule has 150 valence electrons. The van der Waals surface area contributed by atoms with Gasteiger partial charge in [0.05, 0.1) is 12.3 Å². The number of hydrogen-bond acceptors (Lipinski definition) is 5. The van der Waals surface area contributed by atoms with Crippen molar-refractivity contribution >= 4 is 5.97 Å². The summed E-state index contributed by atoms with van der Waals surface area (Å²) < 4.78 is 17.3. The Morgan fingerprint density at radius 2 is 2.03 bits per heavy atom. The summed E-state index contributed by atoms with van der Waals surface area (Å²) in [6.07, 6.45) is 3.08. The smallest absolute Gasteiger partial charge is 0.303 e. The lowest BCUT2D eigenvalue weighted by Crippen LogP contribution is -2.06. The molecular weight excluding hydrogens is 366 g/mol. The van der Waals surface area contributed by atoms with Gasteiger partial charge in [0, 0.05) is 25.3 Å². The van der Waals surface area contributed by atoms with Crippen LogP contribution in [0.2, 0.25) is 0 Å². The topological polar surface area (TPSA) is 61.6 Å². The van der Waals surface area contributed by atoms with E-state index in [4.69, 9.17) is 13.9 Å². The van der Waals surface area contributed by atoms with Crippen molar-refractivity contribution in [3.05, 3.63) is 71.1 Å². The predicted molar refractivity (Wildman–Crippen MR) is 110 cm³/mol. The van der Waals surface area contributed by atoms with Gasteiger partial charge in [0.2, 0.25) is 5.89 Å². The summed E-state index contributed by atoms with van der Waals surface area (Å²) in [4.78, 5) is 15.9. The van der Waals surface area contributed by atoms with Crippen LogP contribution in [0.5, 0.6) is 5.75 Å². The number of oxazole rings is 1. The van der Waals surface area contributed by atoms with E-state index in [1.807, 2.05) is 42.5 Å². The summed E-state index contributed by atoms with van der Waals surface area (Å²) in [6.45, 7) is 4.05. The van der Waals surface area contributed by atoms with Crippen molar-refractivity contribution in [2.24, 2.45) is 0 Å². The molecule has 5 heteroatoms. The molecule has 5 nitrogen and oxygen atoms in total. The molecule has 0 fully saturated rings. The fourth-order valence-electron chi connectivity index (χ4n) is 3.79. The van der Waals surface area contributed by atoms with Gasteiger partial charge in [0.1, 0.15) is 17.6 Å². The van der Waals surface area contributed by atoms with Gasteiger partial charge in [-0.05, 0) is 48.2 Å². The van der Waals surface area contributed by atoms with Crippen LogP contribution in [0.25, 0.3) is 11.5 Å². The second-order valence-electron chi connectivity index (χ2n) is 7.20. The zero-order chi connectivity index (χ0) is 20.2. The van der Waals surface area contributed by atoms with Gasteiger partial charge < -0.3 is 13.9 Å². The lowest BCUT2D eigenvalue weighted by molar-refractivity contribution is -0.146. The summed E-state index contributed by atoms with van der Waals surface area (Å²) in [7, 11) is 0. The first-order valence-corrected chi connectivity index (χ1v) is 10.1. The van der Waals surface area contributed by atoms with Crippen LogP contribution >= 0.6 is 0 Å². The molecule has 2 aromatic carbocycles. The molecule has 0 aliphatic heterocycles. The van der Waals surface area contributed by atoms with E-state index in [1.54, 1.807) is 0 Å². The molecule has 0 amide bonds. The average Bonchev–Trinajstić information content (AvgIpc) is 3.32. The number of benzene rings is 2. The number of nitrogens with zero attached hydrogens (tertiary/aromatic N) is 1. The van der Waals surface area contributed by atoms with E-state index in [0.29, 0.717) is 18.9 Å². The van der Waals surface area contributed by atoms with Crippen molar-refractivity contribution in [3.8, 4) is 17.2 Å². The van der Waals surface area contributed by atoms with Crippen molar-refractivity contribution < 1.29 is 18.7 Å². The molecule has 1 aromatic heterocycles. The molecule has 29 heavy (non-hydrogen) atoms. The largest absolute Gasteiger partial charge is 0.493 e. The third-order valence-corrected chi connectivity index (χ3v) is 5.17. The van der Waals surface area contributed by atoms with Crippen LogP contribution < -0.4 is 4.74 Å². The number of esters is 1. The van der Waals surface area contributed by atoms with Crippen LogP contribution in [0.3, 0.4) is 0 Å². The highest BCUT2D eigenvalue weighted by molar-refractivity contribution is 5.66. The zero-order valence-electron chi connectivity index (χ0n) is 16.8.